The zero-order valence-electron chi connectivity index (χ0n) is 12.6. The maximum atomic E-state index is 4.71. The minimum atomic E-state index is 0.343. The van der Waals surface area contributed by atoms with Crippen LogP contribution in [-0.2, 0) is 6.54 Å². The third-order valence-corrected chi connectivity index (χ3v) is 4.31. The molecule has 0 atom stereocenters. The number of hydrogen-bond donors (Lipinski definition) is 1. The normalized spacial score (nSPS) is 17.3. The molecule has 106 valence electrons. The average Bonchev–Trinajstić information content (AvgIpc) is 2.34. The fraction of sp³-hybridized carbons (Fsp3) is 0.667. The van der Waals surface area contributed by atoms with E-state index >= 15 is 0 Å². The largest absolute Gasteiger partial charge is 0.358 e. The molecule has 1 aliphatic carbocycles. The minimum Gasteiger partial charge on any atom is -0.358 e. The molecule has 0 spiro atoms. The van der Waals surface area contributed by atoms with Crippen LogP contribution in [-0.4, -0.2) is 50.2 Å². The maximum Gasteiger partial charge on any atom is 0.128 e. The lowest BCUT2D eigenvalue weighted by Crippen LogP contribution is -2.56. The zero-order valence-corrected chi connectivity index (χ0v) is 12.6. The standard InChI is InChI=1S/C15H26N4/c1-16-11-13-7-5-8-14(17-13)19(4)12-15(18(2)3)9-6-10-15/h5,7-8,16H,6,9-12H2,1-4H3. The smallest absolute Gasteiger partial charge is 0.128 e. The molecule has 1 aliphatic rings. The van der Waals surface area contributed by atoms with Crippen LogP contribution in [0.25, 0.3) is 0 Å². The van der Waals surface area contributed by atoms with Crippen LogP contribution < -0.4 is 10.2 Å². The van der Waals surface area contributed by atoms with E-state index in [0.29, 0.717) is 5.54 Å². The first-order chi connectivity index (χ1) is 9.07. The highest BCUT2D eigenvalue weighted by Crippen LogP contribution is 2.37. The number of likely N-dealkylation sites (N-methyl/N-ethyl adjacent to an activating group) is 2. The zero-order chi connectivity index (χ0) is 13.9. The van der Waals surface area contributed by atoms with Gasteiger partial charge in [-0.2, -0.15) is 0 Å². The predicted molar refractivity (Wildman–Crippen MR) is 80.5 cm³/mol. The summed E-state index contributed by atoms with van der Waals surface area (Å²) in [5.74, 6) is 1.07. The quantitative estimate of drug-likeness (QED) is 0.846. The van der Waals surface area contributed by atoms with E-state index in [1.165, 1.54) is 19.3 Å². The maximum absolute atomic E-state index is 4.71. The van der Waals surface area contributed by atoms with E-state index in [1.807, 2.05) is 7.05 Å². The summed E-state index contributed by atoms with van der Waals surface area (Å²) >= 11 is 0. The molecule has 4 nitrogen and oxygen atoms in total. The van der Waals surface area contributed by atoms with Crippen LogP contribution in [0.1, 0.15) is 25.0 Å². The molecule has 0 saturated heterocycles. The van der Waals surface area contributed by atoms with Gasteiger partial charge in [-0.1, -0.05) is 6.07 Å². The Bertz CT molecular complexity index is 412. The third-order valence-electron chi connectivity index (χ3n) is 4.31. The highest BCUT2D eigenvalue weighted by Gasteiger charge is 2.40. The summed E-state index contributed by atoms with van der Waals surface area (Å²) in [5.41, 5.74) is 1.44. The van der Waals surface area contributed by atoms with Crippen molar-refractivity contribution in [3.63, 3.8) is 0 Å². The molecule has 1 fully saturated rings. The summed E-state index contributed by atoms with van der Waals surface area (Å²) in [5, 5.41) is 3.15. The van der Waals surface area contributed by atoms with Gasteiger partial charge in [0, 0.05) is 25.7 Å². The van der Waals surface area contributed by atoms with Gasteiger partial charge in [0.2, 0.25) is 0 Å². The average molecular weight is 262 g/mol. The number of nitrogens with zero attached hydrogens (tertiary/aromatic N) is 3. The van der Waals surface area contributed by atoms with Crippen molar-refractivity contribution in [3.05, 3.63) is 23.9 Å². The summed E-state index contributed by atoms with van der Waals surface area (Å²) < 4.78 is 0. The number of anilines is 1. The summed E-state index contributed by atoms with van der Waals surface area (Å²) in [7, 11) is 8.48. The van der Waals surface area contributed by atoms with Crippen molar-refractivity contribution in [2.75, 3.05) is 39.6 Å². The van der Waals surface area contributed by atoms with E-state index in [9.17, 15) is 0 Å². The molecule has 1 aromatic rings. The first-order valence-corrected chi connectivity index (χ1v) is 7.06. The second-order valence-electron chi connectivity index (χ2n) is 5.85. The Hall–Kier alpha value is -1.13. The summed E-state index contributed by atoms with van der Waals surface area (Å²) in [4.78, 5) is 9.38. The van der Waals surface area contributed by atoms with E-state index in [-0.39, 0.29) is 0 Å². The molecular formula is C15H26N4. The lowest BCUT2D eigenvalue weighted by atomic mass is 9.75. The fourth-order valence-electron chi connectivity index (χ4n) is 2.81. The lowest BCUT2D eigenvalue weighted by molar-refractivity contribution is 0.0682. The Morgan fingerprint density at radius 1 is 1.26 bits per heavy atom. The molecule has 0 bridgehead atoms. The number of pyridine rings is 1. The number of nitrogens with one attached hydrogen (secondary N) is 1. The molecular weight excluding hydrogens is 236 g/mol. The molecule has 1 aromatic heterocycles. The van der Waals surface area contributed by atoms with Crippen LogP contribution >= 0.6 is 0 Å². The van der Waals surface area contributed by atoms with Gasteiger partial charge >= 0.3 is 0 Å². The number of aromatic nitrogens is 1. The monoisotopic (exact) mass is 262 g/mol. The predicted octanol–water partition coefficient (Wildman–Crippen LogP) is 1.72. The molecule has 0 amide bonds. The van der Waals surface area contributed by atoms with Gasteiger partial charge < -0.3 is 15.1 Å². The van der Waals surface area contributed by atoms with Gasteiger partial charge in [-0.3, -0.25) is 0 Å². The molecule has 0 aliphatic heterocycles. The molecule has 1 N–H and O–H groups in total. The molecule has 4 heteroatoms. The minimum absolute atomic E-state index is 0.343. The van der Waals surface area contributed by atoms with Gasteiger partial charge in [0.1, 0.15) is 5.82 Å². The van der Waals surface area contributed by atoms with Crippen molar-refractivity contribution in [2.24, 2.45) is 0 Å². The number of rotatable bonds is 6. The molecule has 19 heavy (non-hydrogen) atoms. The molecule has 0 aromatic carbocycles. The van der Waals surface area contributed by atoms with E-state index in [0.717, 1.165) is 24.6 Å². The van der Waals surface area contributed by atoms with E-state index in [2.05, 4.69) is 54.5 Å². The first-order valence-electron chi connectivity index (χ1n) is 7.06. The van der Waals surface area contributed by atoms with Crippen LogP contribution in [0, 0.1) is 0 Å². The van der Waals surface area contributed by atoms with Gasteiger partial charge in [0.15, 0.2) is 0 Å². The Morgan fingerprint density at radius 2 is 2.00 bits per heavy atom. The summed E-state index contributed by atoms with van der Waals surface area (Å²) in [6.45, 7) is 1.87. The van der Waals surface area contributed by atoms with Crippen LogP contribution in [0.15, 0.2) is 18.2 Å². The van der Waals surface area contributed by atoms with E-state index in [1.54, 1.807) is 0 Å². The highest BCUT2D eigenvalue weighted by atomic mass is 15.2. The van der Waals surface area contributed by atoms with Crippen LogP contribution in [0.2, 0.25) is 0 Å². The van der Waals surface area contributed by atoms with Crippen LogP contribution in [0.5, 0.6) is 0 Å². The highest BCUT2D eigenvalue weighted by molar-refractivity contribution is 5.39. The van der Waals surface area contributed by atoms with E-state index < -0.39 is 0 Å². The molecule has 2 rings (SSSR count). The fourth-order valence-corrected chi connectivity index (χ4v) is 2.81. The topological polar surface area (TPSA) is 31.4 Å². The van der Waals surface area contributed by atoms with Crippen molar-refractivity contribution in [2.45, 2.75) is 31.3 Å². The van der Waals surface area contributed by atoms with Crippen LogP contribution in [0.3, 0.4) is 0 Å². The van der Waals surface area contributed by atoms with E-state index in [4.69, 9.17) is 4.98 Å². The van der Waals surface area contributed by atoms with Crippen molar-refractivity contribution in [1.29, 1.82) is 0 Å². The van der Waals surface area contributed by atoms with Crippen molar-refractivity contribution in [3.8, 4) is 0 Å². The first kappa shape index (κ1) is 14.3. The second kappa shape index (κ2) is 5.88. The Balaban J connectivity index is 2.06. The van der Waals surface area contributed by atoms with Gasteiger partial charge in [-0.25, -0.2) is 4.98 Å². The van der Waals surface area contributed by atoms with Gasteiger partial charge in [0.05, 0.1) is 5.69 Å². The van der Waals surface area contributed by atoms with Gasteiger partial charge in [0.25, 0.3) is 0 Å². The summed E-state index contributed by atoms with van der Waals surface area (Å²) in [6, 6.07) is 6.26. The molecule has 0 unspecified atom stereocenters. The molecule has 0 radical (unpaired) electrons. The van der Waals surface area contributed by atoms with Crippen LogP contribution in [0.4, 0.5) is 5.82 Å². The van der Waals surface area contributed by atoms with Gasteiger partial charge in [-0.15, -0.1) is 0 Å². The SMILES string of the molecule is CNCc1cccc(N(C)CC2(N(C)C)CCC2)n1. The Kier molecular flexibility index (Phi) is 4.42. The van der Waals surface area contributed by atoms with Crippen molar-refractivity contribution >= 4 is 5.82 Å². The third kappa shape index (κ3) is 3.07. The van der Waals surface area contributed by atoms with Crippen molar-refractivity contribution in [1.82, 2.24) is 15.2 Å². The Morgan fingerprint density at radius 3 is 2.53 bits per heavy atom. The number of hydrogen-bond acceptors (Lipinski definition) is 4. The second-order valence-corrected chi connectivity index (χ2v) is 5.85. The van der Waals surface area contributed by atoms with Crippen molar-refractivity contribution < 1.29 is 0 Å². The summed E-state index contributed by atoms with van der Waals surface area (Å²) in [6.07, 6.45) is 3.93. The Labute approximate surface area is 116 Å². The lowest BCUT2D eigenvalue weighted by Gasteiger charge is -2.49. The van der Waals surface area contributed by atoms with Gasteiger partial charge in [-0.05, 0) is 52.5 Å². The molecule has 1 heterocycles. The molecule has 1 saturated carbocycles.